The van der Waals surface area contributed by atoms with E-state index in [2.05, 4.69) is 10.6 Å². The van der Waals surface area contributed by atoms with Gasteiger partial charge in [0.05, 0.1) is 46.5 Å². The van der Waals surface area contributed by atoms with E-state index in [1.165, 1.54) is 19.1 Å². The predicted octanol–water partition coefficient (Wildman–Crippen LogP) is 2.28. The number of piperidine rings is 1. The second kappa shape index (κ2) is 9.48. The van der Waals surface area contributed by atoms with E-state index in [9.17, 15) is 30.6 Å². The zero-order valence-electron chi connectivity index (χ0n) is 16.4. The Kier molecular flexibility index (Phi) is 7.05. The summed E-state index contributed by atoms with van der Waals surface area (Å²) < 4.78 is 0. The number of hydrogen-bond acceptors (Lipinski definition) is 10. The lowest BCUT2D eigenvalue weighted by Crippen LogP contribution is -2.42. The third-order valence-electron chi connectivity index (χ3n) is 4.18. The molecule has 1 aromatic carbocycles. The fourth-order valence-corrected chi connectivity index (χ4v) is 2.59. The topological polar surface area (TPSA) is 188 Å². The predicted molar refractivity (Wildman–Crippen MR) is 96.8 cm³/mol. The van der Waals surface area contributed by atoms with E-state index >= 15 is 0 Å². The van der Waals surface area contributed by atoms with Gasteiger partial charge in [0, 0.05) is 6.07 Å². The summed E-state index contributed by atoms with van der Waals surface area (Å²) in [6.45, 7) is 2.25. The van der Waals surface area contributed by atoms with Crippen LogP contribution in [0.5, 0.6) is 11.5 Å². The zero-order valence-corrected chi connectivity index (χ0v) is 16.4. The van der Waals surface area contributed by atoms with Crippen molar-refractivity contribution in [3.05, 3.63) is 42.8 Å². The van der Waals surface area contributed by atoms with Crippen molar-refractivity contribution in [2.75, 3.05) is 20.6 Å². The molecule has 1 saturated heterocycles. The van der Waals surface area contributed by atoms with Crippen LogP contribution < -0.4 is 9.68 Å². The number of nitro benzene ring substituents is 2. The SMILES string of the molecule is CC1CCCCN1/[N+]([O-])=N/Oc1cc(O/N=[N+](\[O-])N(C)C)c([N+](=O)[O-])cc1[N+](=O)[O-]. The molecule has 0 amide bonds. The highest BCUT2D eigenvalue weighted by molar-refractivity contribution is 5.61. The van der Waals surface area contributed by atoms with Crippen molar-refractivity contribution in [1.82, 2.24) is 10.0 Å². The van der Waals surface area contributed by atoms with Gasteiger partial charge < -0.3 is 10.4 Å². The number of hydrogen-bond donors (Lipinski definition) is 0. The van der Waals surface area contributed by atoms with Gasteiger partial charge >= 0.3 is 11.4 Å². The molecule has 16 nitrogen and oxygen atoms in total. The van der Waals surface area contributed by atoms with Crippen LogP contribution in [0.25, 0.3) is 0 Å². The minimum Gasteiger partial charge on any atom is -0.569 e. The van der Waals surface area contributed by atoms with Crippen molar-refractivity contribution >= 4 is 11.4 Å². The lowest BCUT2D eigenvalue weighted by molar-refractivity contribution is -0.716. The maximum Gasteiger partial charge on any atom is 0.321 e. The molecular formula is C14H20N8O8. The average molecular weight is 428 g/mol. The highest BCUT2D eigenvalue weighted by Gasteiger charge is 2.30. The number of benzene rings is 1. The van der Waals surface area contributed by atoms with Gasteiger partial charge in [-0.15, -0.1) is 5.01 Å². The Balaban J connectivity index is 2.40. The van der Waals surface area contributed by atoms with Crippen molar-refractivity contribution in [2.24, 2.45) is 10.6 Å². The number of nitro groups is 2. The van der Waals surface area contributed by atoms with Crippen LogP contribution in [0.2, 0.25) is 0 Å². The van der Waals surface area contributed by atoms with E-state index in [0.717, 1.165) is 30.3 Å². The molecule has 1 atom stereocenters. The number of nitrogens with zero attached hydrogens (tertiary/aromatic N) is 8. The number of rotatable bonds is 8. The summed E-state index contributed by atoms with van der Waals surface area (Å²) >= 11 is 0. The van der Waals surface area contributed by atoms with Crippen LogP contribution in [0.1, 0.15) is 26.2 Å². The standard InChI is InChI=1S/C14H20N8O8/c1-10-6-4-5-7-18(10)22(28)16-30-14-9-13(29-15-21(27)17(2)3)11(19(23)24)8-12(14)20(25)26/h8-10H,4-7H2,1-3H3/b21-15-,22-16-. The molecule has 0 bridgehead atoms. The Bertz CT molecular complexity index is 874. The monoisotopic (exact) mass is 428 g/mol. The van der Waals surface area contributed by atoms with Crippen molar-refractivity contribution in [2.45, 2.75) is 32.2 Å². The second-order valence-electron chi connectivity index (χ2n) is 6.51. The summed E-state index contributed by atoms with van der Waals surface area (Å²) in [5.74, 6) is -1.23. The Hall–Kier alpha value is -3.98. The maximum atomic E-state index is 12.2. The summed E-state index contributed by atoms with van der Waals surface area (Å²) in [6, 6.07) is 1.20. The van der Waals surface area contributed by atoms with Crippen molar-refractivity contribution in [3.8, 4) is 11.5 Å². The molecule has 0 aromatic heterocycles. The summed E-state index contributed by atoms with van der Waals surface area (Å²) in [5.41, 5.74) is -1.67. The first-order valence-corrected chi connectivity index (χ1v) is 8.73. The zero-order chi connectivity index (χ0) is 22.4. The first-order chi connectivity index (χ1) is 14.1. The van der Waals surface area contributed by atoms with Crippen LogP contribution in [0.15, 0.2) is 22.7 Å². The van der Waals surface area contributed by atoms with E-state index < -0.39 is 32.7 Å². The average Bonchev–Trinajstić information content (AvgIpc) is 2.69. The van der Waals surface area contributed by atoms with Crippen LogP contribution in [0.3, 0.4) is 0 Å². The molecular weight excluding hydrogens is 408 g/mol. The summed E-state index contributed by atoms with van der Waals surface area (Å²) in [6.07, 6.45) is 2.49. The molecule has 0 N–H and O–H groups in total. The van der Waals surface area contributed by atoms with Crippen LogP contribution >= 0.6 is 0 Å². The Morgan fingerprint density at radius 2 is 1.57 bits per heavy atom. The largest absolute Gasteiger partial charge is 0.569 e. The van der Waals surface area contributed by atoms with E-state index in [1.807, 2.05) is 6.92 Å². The first kappa shape index (κ1) is 22.3. The molecule has 1 unspecified atom stereocenters. The normalized spacial score (nSPS) is 17.4. The fraction of sp³-hybridized carbons (Fsp3) is 0.571. The van der Waals surface area contributed by atoms with E-state index in [1.54, 1.807) is 0 Å². The molecule has 30 heavy (non-hydrogen) atoms. The highest BCUT2D eigenvalue weighted by atomic mass is 16.7. The van der Waals surface area contributed by atoms with Gasteiger partial charge in [-0.25, -0.2) is 0 Å². The molecule has 1 aromatic rings. The second-order valence-corrected chi connectivity index (χ2v) is 6.51. The van der Waals surface area contributed by atoms with Gasteiger partial charge in [0.2, 0.25) is 22.1 Å². The van der Waals surface area contributed by atoms with E-state index in [4.69, 9.17) is 9.68 Å². The Labute approximate surface area is 169 Å². The van der Waals surface area contributed by atoms with E-state index in [-0.39, 0.29) is 16.0 Å². The lowest BCUT2D eigenvalue weighted by atomic mass is 10.1. The Morgan fingerprint density at radius 3 is 2.07 bits per heavy atom. The van der Waals surface area contributed by atoms with Crippen molar-refractivity contribution in [1.29, 1.82) is 0 Å². The molecule has 2 rings (SSSR count). The first-order valence-electron chi connectivity index (χ1n) is 8.73. The smallest absolute Gasteiger partial charge is 0.321 e. The minimum absolute atomic E-state index is 0.0207. The van der Waals surface area contributed by atoms with Crippen LogP contribution in [-0.4, -0.2) is 56.5 Å². The molecule has 0 spiro atoms. The summed E-state index contributed by atoms with van der Waals surface area (Å²) in [7, 11) is 2.67. The van der Waals surface area contributed by atoms with Crippen molar-refractivity contribution in [3.63, 3.8) is 0 Å². The van der Waals surface area contributed by atoms with E-state index in [0.29, 0.717) is 12.6 Å². The van der Waals surface area contributed by atoms with Gasteiger partial charge in [-0.3, -0.25) is 29.9 Å². The van der Waals surface area contributed by atoms with Crippen molar-refractivity contribution < 1.29 is 29.5 Å². The number of hydrazine groups is 2. The van der Waals surface area contributed by atoms with Gasteiger partial charge in [-0.2, -0.15) is 5.01 Å². The maximum absolute atomic E-state index is 12.2. The van der Waals surface area contributed by atoms with Crippen LogP contribution in [-0.2, 0) is 0 Å². The third-order valence-corrected chi connectivity index (χ3v) is 4.18. The minimum atomic E-state index is -0.959. The molecule has 1 fully saturated rings. The quantitative estimate of drug-likeness (QED) is 0.257. The molecule has 1 aliphatic heterocycles. The molecule has 0 aliphatic carbocycles. The molecule has 1 heterocycles. The van der Waals surface area contributed by atoms with Crippen LogP contribution in [0, 0.1) is 30.6 Å². The van der Waals surface area contributed by atoms with Gasteiger partial charge in [0.25, 0.3) is 0 Å². The molecule has 16 heteroatoms. The molecule has 0 radical (unpaired) electrons. The van der Waals surface area contributed by atoms with Gasteiger partial charge in [0.15, 0.2) is 0 Å². The van der Waals surface area contributed by atoms with Gasteiger partial charge in [0.1, 0.15) is 6.07 Å². The lowest BCUT2D eigenvalue weighted by Gasteiger charge is -2.28. The summed E-state index contributed by atoms with van der Waals surface area (Å²) in [5, 5.41) is 54.9. The fourth-order valence-electron chi connectivity index (χ4n) is 2.59. The highest BCUT2D eigenvalue weighted by Crippen LogP contribution is 2.39. The third kappa shape index (κ3) is 5.30. The Morgan fingerprint density at radius 1 is 1.00 bits per heavy atom. The summed E-state index contributed by atoms with van der Waals surface area (Å²) in [4.78, 5) is 30.4. The molecule has 0 saturated carbocycles. The van der Waals surface area contributed by atoms with Gasteiger partial charge in [-0.1, -0.05) is 0 Å². The molecule has 164 valence electrons. The molecule has 1 aliphatic rings. The van der Waals surface area contributed by atoms with Crippen LogP contribution in [0.4, 0.5) is 11.4 Å². The van der Waals surface area contributed by atoms with Gasteiger partial charge in [-0.05, 0) is 26.2 Å².